The summed E-state index contributed by atoms with van der Waals surface area (Å²) >= 11 is 0. The molecule has 0 fully saturated rings. The molecule has 0 spiro atoms. The van der Waals surface area contributed by atoms with E-state index in [1.54, 1.807) is 6.40 Å². The molecule has 2 nitrogen and oxygen atoms in total. The summed E-state index contributed by atoms with van der Waals surface area (Å²) in [5.74, 6) is 0. The lowest BCUT2D eigenvalue weighted by molar-refractivity contribution is -0.386. The van der Waals surface area contributed by atoms with Gasteiger partial charge < -0.3 is 9.52 Å². The Morgan fingerprint density at radius 1 is 2.00 bits per heavy atom. The van der Waals surface area contributed by atoms with Crippen LogP contribution in [0.4, 0.5) is 0 Å². The topological polar surface area (TPSA) is 23.2 Å². The largest absolute Gasteiger partial charge is 0.386 e. The molecule has 28 valence electrons. The monoisotopic (exact) mass is 90.0 g/mol. The van der Waals surface area contributed by atoms with Crippen LogP contribution in [0.15, 0.2) is 0 Å². The molecule has 5 heavy (non-hydrogen) atoms. The summed E-state index contributed by atoms with van der Waals surface area (Å²) in [5.41, 5.74) is 0. The Balaban J connectivity index is 2.32. The first-order valence-corrected chi connectivity index (χ1v) is 2.52. The molecule has 1 atom stereocenters. The van der Waals surface area contributed by atoms with Gasteiger partial charge in [-0.2, -0.15) is 0 Å². The number of hydrogen-bond donors (Lipinski definition) is 1. The quantitative estimate of drug-likeness (QED) is 0.286. The summed E-state index contributed by atoms with van der Waals surface area (Å²) in [6.07, 6.45) is 3.51. The molecule has 0 aromatic heterocycles. The van der Waals surface area contributed by atoms with Crippen LogP contribution in [0, 0.1) is 6.29 Å². The van der Waals surface area contributed by atoms with Gasteiger partial charge in [0, 0.05) is 0 Å². The minimum Gasteiger partial charge on any atom is -0.386 e. The lowest BCUT2D eigenvalue weighted by Gasteiger charge is -1.68. The maximum absolute atomic E-state index is 4.74. The van der Waals surface area contributed by atoms with Crippen LogP contribution in [0.3, 0.4) is 0 Å². The van der Waals surface area contributed by atoms with Gasteiger partial charge in [-0.3, -0.25) is 0 Å². The van der Waals surface area contributed by atoms with Crippen LogP contribution in [-0.4, -0.2) is 6.40 Å². The highest BCUT2D eigenvalue weighted by Crippen LogP contribution is 2.08. The average molecular weight is 90.0 g/mol. The molecule has 1 heterocycles. The van der Waals surface area contributed by atoms with Gasteiger partial charge in [-0.15, -0.1) is 0 Å². The highest BCUT2D eigenvalue weighted by Gasteiger charge is 1.90. The van der Waals surface area contributed by atoms with Gasteiger partial charge in [0.05, 0.1) is 0 Å². The van der Waals surface area contributed by atoms with E-state index >= 15 is 0 Å². The minimum absolute atomic E-state index is 0.134. The molecule has 1 aliphatic rings. The van der Waals surface area contributed by atoms with Crippen LogP contribution >= 0.6 is 8.81 Å². The van der Waals surface area contributed by atoms with E-state index in [1.165, 1.54) is 0 Å². The third-order valence-electron chi connectivity index (χ3n) is 0.379. The molecule has 0 saturated carbocycles. The van der Waals surface area contributed by atoms with Crippen molar-refractivity contribution in [2.24, 2.45) is 0 Å². The predicted molar refractivity (Wildman–Crippen MR) is 22.1 cm³/mol. The summed E-state index contributed by atoms with van der Waals surface area (Å²) in [7, 11) is 0.134. The Hall–Kier alpha value is -0.230. The molecule has 0 radical (unpaired) electrons. The Morgan fingerprint density at radius 3 is 3.20 bits per heavy atom. The van der Waals surface area contributed by atoms with Crippen LogP contribution < -0.4 is 4.99 Å². The van der Waals surface area contributed by atoms with Gasteiger partial charge in [0.1, 0.15) is 0 Å². The Bertz CT molecular complexity index is 47.6. The third-order valence-corrected chi connectivity index (χ3v) is 1.00. The van der Waals surface area contributed by atoms with E-state index in [-0.39, 0.29) is 8.81 Å². The zero-order valence-electron chi connectivity index (χ0n) is 2.64. The zero-order chi connectivity index (χ0) is 3.54. The standard InChI is InChI=1S/C2H5NOP/c1-3-2-5-4-1/h1-3H,5H2/q+1. The fourth-order valence-electron chi connectivity index (χ4n) is 0.196. The molecular weight excluding hydrogens is 85.0 g/mol. The van der Waals surface area contributed by atoms with Crippen molar-refractivity contribution in [2.75, 3.05) is 0 Å². The normalized spacial score (nSPS) is 22.4. The van der Waals surface area contributed by atoms with Gasteiger partial charge >= 0.3 is 0 Å². The predicted octanol–water partition coefficient (Wildman–Crippen LogP) is -1.43. The summed E-state index contributed by atoms with van der Waals surface area (Å²) in [6, 6.07) is 0. The van der Waals surface area contributed by atoms with E-state index in [0.717, 1.165) is 0 Å². The van der Waals surface area contributed by atoms with E-state index < -0.39 is 0 Å². The first-order chi connectivity index (χ1) is 2.50. The lowest BCUT2D eigenvalue weighted by atomic mass is 11.3. The highest BCUT2D eigenvalue weighted by atomic mass is 31.1. The molecule has 0 amide bonds. The van der Waals surface area contributed by atoms with Crippen molar-refractivity contribution in [1.82, 2.24) is 0 Å². The van der Waals surface area contributed by atoms with E-state index in [2.05, 4.69) is 4.99 Å². The molecule has 1 rings (SSSR count). The molecule has 1 N–H and O–H groups in total. The van der Waals surface area contributed by atoms with Crippen LogP contribution in [0.5, 0.6) is 0 Å². The number of rotatable bonds is 0. The minimum atomic E-state index is 0.134. The zero-order valence-corrected chi connectivity index (χ0v) is 3.79. The van der Waals surface area contributed by atoms with E-state index in [4.69, 9.17) is 4.52 Å². The van der Waals surface area contributed by atoms with Crippen molar-refractivity contribution in [3.8, 4) is 0 Å². The second-order valence-electron chi connectivity index (χ2n) is 0.723. The molecule has 0 aliphatic carbocycles. The number of nitrogens with one attached hydrogen (secondary N) is 1. The lowest BCUT2D eigenvalue weighted by Crippen LogP contribution is -2.60. The average Bonchev–Trinajstić information content (AvgIpc) is 1.76. The molecule has 0 aromatic carbocycles. The maximum Gasteiger partial charge on any atom is 0.221 e. The maximum atomic E-state index is 4.74. The smallest absolute Gasteiger partial charge is 0.221 e. The van der Waals surface area contributed by atoms with Crippen LogP contribution in [0.25, 0.3) is 0 Å². The molecule has 1 unspecified atom stereocenters. The van der Waals surface area contributed by atoms with Crippen molar-refractivity contribution in [1.29, 1.82) is 0 Å². The second kappa shape index (κ2) is 1.27. The molecule has 3 heteroatoms. The van der Waals surface area contributed by atoms with Gasteiger partial charge in [0.2, 0.25) is 6.40 Å². The summed E-state index contributed by atoms with van der Waals surface area (Å²) in [4.78, 5) is 2.79. The van der Waals surface area contributed by atoms with Crippen molar-refractivity contribution < 1.29 is 9.52 Å². The summed E-state index contributed by atoms with van der Waals surface area (Å²) in [6.45, 7) is 0. The van der Waals surface area contributed by atoms with Gasteiger partial charge in [-0.1, -0.05) is 0 Å². The van der Waals surface area contributed by atoms with Gasteiger partial charge in [0.25, 0.3) is 0 Å². The van der Waals surface area contributed by atoms with Crippen molar-refractivity contribution in [3.05, 3.63) is 6.29 Å². The fraction of sp³-hybridized carbons (Fsp3) is 0. The first kappa shape index (κ1) is 2.98. The van der Waals surface area contributed by atoms with Crippen LogP contribution in [-0.2, 0) is 4.52 Å². The molecule has 0 aromatic rings. The SMILES string of the molecule is C1=[NH+][CH-][PH2+]O1. The van der Waals surface area contributed by atoms with E-state index in [0.29, 0.717) is 0 Å². The Labute approximate surface area is 32.1 Å². The van der Waals surface area contributed by atoms with Gasteiger partial charge in [-0.05, 0) is 0 Å². The molecular formula is C2H5NOP+. The molecule has 0 saturated heterocycles. The molecule has 1 aliphatic heterocycles. The van der Waals surface area contributed by atoms with Crippen molar-refractivity contribution >= 4 is 15.2 Å². The highest BCUT2D eigenvalue weighted by molar-refractivity contribution is 7.35. The third kappa shape index (κ3) is 0.519. The van der Waals surface area contributed by atoms with Gasteiger partial charge in [0.15, 0.2) is 15.1 Å². The van der Waals surface area contributed by atoms with E-state index in [9.17, 15) is 0 Å². The van der Waals surface area contributed by atoms with Crippen LogP contribution in [0.1, 0.15) is 0 Å². The Morgan fingerprint density at radius 2 is 3.00 bits per heavy atom. The first-order valence-electron chi connectivity index (χ1n) is 1.38. The fourth-order valence-corrected chi connectivity index (χ4v) is 0.589. The Kier molecular flexibility index (Phi) is 0.758. The van der Waals surface area contributed by atoms with Crippen molar-refractivity contribution in [3.63, 3.8) is 0 Å². The van der Waals surface area contributed by atoms with Gasteiger partial charge in [-0.25, -0.2) is 0 Å². The summed E-state index contributed by atoms with van der Waals surface area (Å²) < 4.78 is 4.74. The van der Waals surface area contributed by atoms with Crippen molar-refractivity contribution in [2.45, 2.75) is 0 Å². The van der Waals surface area contributed by atoms with Crippen LogP contribution in [0.2, 0.25) is 0 Å². The molecule has 0 bridgehead atoms. The number of hydrogen-bond acceptors (Lipinski definition) is 1. The van der Waals surface area contributed by atoms with E-state index in [1.807, 2.05) is 6.29 Å². The second-order valence-corrected chi connectivity index (χ2v) is 1.60. The summed E-state index contributed by atoms with van der Waals surface area (Å²) in [5, 5.41) is 0.